The van der Waals surface area contributed by atoms with E-state index in [-0.39, 0.29) is 26.4 Å². The van der Waals surface area contributed by atoms with Gasteiger partial charge in [0, 0.05) is 10.6 Å². The van der Waals surface area contributed by atoms with Gasteiger partial charge in [-0.25, -0.2) is 0 Å². The summed E-state index contributed by atoms with van der Waals surface area (Å²) in [7, 11) is 1.28. The van der Waals surface area contributed by atoms with E-state index in [1.54, 1.807) is 0 Å². The highest BCUT2D eigenvalue weighted by atomic mass is 35.5. The predicted octanol–water partition coefficient (Wildman–Crippen LogP) is 6.34. The molecule has 0 N–H and O–H groups in total. The molecule has 112 valence electrons. The van der Waals surface area contributed by atoms with Gasteiger partial charge in [-0.2, -0.15) is 13.2 Å². The smallest absolute Gasteiger partial charge is 0.416 e. The van der Waals surface area contributed by atoms with E-state index in [1.807, 2.05) is 0 Å². The number of halogens is 6. The summed E-state index contributed by atoms with van der Waals surface area (Å²) >= 11 is 17.8. The van der Waals surface area contributed by atoms with E-state index in [0.29, 0.717) is 5.56 Å². The molecule has 0 radical (unpaired) electrons. The van der Waals surface area contributed by atoms with Gasteiger partial charge in [-0.1, -0.05) is 34.8 Å². The minimum atomic E-state index is -4.50. The molecule has 0 atom stereocenters. The zero-order valence-corrected chi connectivity index (χ0v) is 12.8. The van der Waals surface area contributed by atoms with Crippen molar-refractivity contribution in [3.05, 3.63) is 51.0 Å². The highest BCUT2D eigenvalue weighted by Crippen LogP contribution is 2.40. The van der Waals surface area contributed by atoms with Crippen LogP contribution in [0.4, 0.5) is 13.2 Å². The normalized spacial score (nSPS) is 11.6. The van der Waals surface area contributed by atoms with Gasteiger partial charge < -0.3 is 4.74 Å². The van der Waals surface area contributed by atoms with Crippen LogP contribution in [0.25, 0.3) is 11.1 Å². The second-order valence-corrected chi connectivity index (χ2v) is 5.42. The van der Waals surface area contributed by atoms with Crippen LogP contribution in [-0.2, 0) is 6.18 Å². The van der Waals surface area contributed by atoms with Crippen molar-refractivity contribution in [3.63, 3.8) is 0 Å². The number of alkyl halides is 3. The quantitative estimate of drug-likeness (QED) is 0.571. The van der Waals surface area contributed by atoms with Gasteiger partial charge in [0.1, 0.15) is 5.75 Å². The van der Waals surface area contributed by atoms with E-state index < -0.39 is 11.7 Å². The molecule has 0 saturated carbocycles. The average molecular weight is 356 g/mol. The van der Waals surface area contributed by atoms with Crippen molar-refractivity contribution in [1.29, 1.82) is 0 Å². The zero-order valence-electron chi connectivity index (χ0n) is 10.6. The van der Waals surface area contributed by atoms with Crippen molar-refractivity contribution in [3.8, 4) is 16.9 Å². The van der Waals surface area contributed by atoms with Crippen LogP contribution in [0, 0.1) is 0 Å². The molecule has 0 aliphatic rings. The number of rotatable bonds is 2. The Kier molecular flexibility index (Phi) is 4.61. The fourth-order valence-corrected chi connectivity index (χ4v) is 2.51. The van der Waals surface area contributed by atoms with Crippen molar-refractivity contribution in [2.75, 3.05) is 7.11 Å². The van der Waals surface area contributed by atoms with Gasteiger partial charge in [-0.3, -0.25) is 0 Å². The standard InChI is InChI=1S/C14H8Cl3F3O/c1-21-10-3-7(2-8(4-10)14(18,19)20)11-5-9(15)6-12(16)13(11)17/h2-6H,1H3. The first-order valence-corrected chi connectivity index (χ1v) is 6.77. The second-order valence-electron chi connectivity index (χ2n) is 4.20. The number of methoxy groups -OCH3 is 1. The van der Waals surface area contributed by atoms with E-state index in [4.69, 9.17) is 39.5 Å². The Morgan fingerprint density at radius 3 is 2.19 bits per heavy atom. The van der Waals surface area contributed by atoms with Crippen molar-refractivity contribution < 1.29 is 17.9 Å². The summed E-state index contributed by atoms with van der Waals surface area (Å²) < 4.78 is 43.7. The van der Waals surface area contributed by atoms with E-state index in [1.165, 1.54) is 25.3 Å². The third-order valence-electron chi connectivity index (χ3n) is 2.77. The molecular formula is C14H8Cl3F3O. The molecule has 1 nitrogen and oxygen atoms in total. The van der Waals surface area contributed by atoms with Crippen LogP contribution in [0.3, 0.4) is 0 Å². The summed E-state index contributed by atoms with van der Waals surface area (Å²) in [5.74, 6) is 0.0620. The topological polar surface area (TPSA) is 9.23 Å². The van der Waals surface area contributed by atoms with Crippen molar-refractivity contribution in [1.82, 2.24) is 0 Å². The van der Waals surface area contributed by atoms with E-state index in [2.05, 4.69) is 0 Å². The molecule has 7 heteroatoms. The summed E-state index contributed by atoms with van der Waals surface area (Å²) in [6, 6.07) is 6.17. The maximum atomic E-state index is 12.9. The van der Waals surface area contributed by atoms with Crippen LogP contribution < -0.4 is 4.74 Å². The fourth-order valence-electron chi connectivity index (χ4n) is 1.80. The lowest BCUT2D eigenvalue weighted by atomic mass is 10.0. The van der Waals surface area contributed by atoms with E-state index in [0.717, 1.165) is 12.1 Å². The molecule has 0 aliphatic carbocycles. The minimum Gasteiger partial charge on any atom is -0.497 e. The molecule has 21 heavy (non-hydrogen) atoms. The van der Waals surface area contributed by atoms with Crippen LogP contribution >= 0.6 is 34.8 Å². The van der Waals surface area contributed by atoms with Crippen molar-refractivity contribution in [2.45, 2.75) is 6.18 Å². The third-order valence-corrected chi connectivity index (χ3v) is 3.79. The SMILES string of the molecule is COc1cc(-c2cc(Cl)cc(Cl)c2Cl)cc(C(F)(F)F)c1. The minimum absolute atomic E-state index is 0.0620. The van der Waals surface area contributed by atoms with Crippen molar-refractivity contribution >= 4 is 34.8 Å². The Morgan fingerprint density at radius 1 is 0.952 bits per heavy atom. The highest BCUT2D eigenvalue weighted by Gasteiger charge is 2.31. The molecule has 0 unspecified atom stereocenters. The number of benzene rings is 2. The van der Waals surface area contributed by atoms with Gasteiger partial charge in [0.15, 0.2) is 0 Å². The first kappa shape index (κ1) is 16.3. The molecule has 0 fully saturated rings. The van der Waals surface area contributed by atoms with Gasteiger partial charge in [0.2, 0.25) is 0 Å². The summed E-state index contributed by atoms with van der Waals surface area (Å²) in [6.45, 7) is 0. The lowest BCUT2D eigenvalue weighted by Gasteiger charge is -2.13. The Bertz CT molecular complexity index is 684. The molecule has 0 aromatic heterocycles. The van der Waals surface area contributed by atoms with Gasteiger partial charge in [-0.15, -0.1) is 0 Å². The fraction of sp³-hybridized carbons (Fsp3) is 0.143. The summed E-state index contributed by atoms with van der Waals surface area (Å²) in [6.07, 6.45) is -4.50. The third kappa shape index (κ3) is 3.57. The van der Waals surface area contributed by atoms with Crippen LogP contribution in [0.15, 0.2) is 30.3 Å². The lowest BCUT2D eigenvalue weighted by molar-refractivity contribution is -0.137. The van der Waals surface area contributed by atoms with E-state index >= 15 is 0 Å². The highest BCUT2D eigenvalue weighted by molar-refractivity contribution is 6.45. The second kappa shape index (κ2) is 5.95. The molecule has 0 spiro atoms. The van der Waals surface area contributed by atoms with Crippen molar-refractivity contribution in [2.24, 2.45) is 0 Å². The van der Waals surface area contributed by atoms with Gasteiger partial charge in [0.05, 0.1) is 22.7 Å². The summed E-state index contributed by atoms with van der Waals surface area (Å²) in [5, 5.41) is 0.564. The Balaban J connectivity index is 2.69. The Morgan fingerprint density at radius 2 is 1.62 bits per heavy atom. The zero-order chi connectivity index (χ0) is 15.8. The Hall–Kier alpha value is -1.10. The molecule has 0 heterocycles. The van der Waals surface area contributed by atoms with Crippen LogP contribution in [0.2, 0.25) is 15.1 Å². The molecule has 2 aromatic carbocycles. The molecule has 0 saturated heterocycles. The predicted molar refractivity (Wildman–Crippen MR) is 78.5 cm³/mol. The van der Waals surface area contributed by atoms with E-state index in [9.17, 15) is 13.2 Å². The van der Waals surface area contributed by atoms with Gasteiger partial charge in [-0.05, 0) is 35.9 Å². The molecular weight excluding hydrogens is 348 g/mol. The molecule has 0 amide bonds. The summed E-state index contributed by atoms with van der Waals surface area (Å²) in [4.78, 5) is 0. The maximum absolute atomic E-state index is 12.9. The first-order chi connectivity index (χ1) is 9.72. The number of ether oxygens (including phenoxy) is 1. The molecule has 2 rings (SSSR count). The Labute approximate surface area is 134 Å². The van der Waals surface area contributed by atoms with Gasteiger partial charge in [0.25, 0.3) is 0 Å². The maximum Gasteiger partial charge on any atom is 0.416 e. The van der Waals surface area contributed by atoms with Crippen LogP contribution in [0.5, 0.6) is 5.75 Å². The van der Waals surface area contributed by atoms with Crippen LogP contribution in [0.1, 0.15) is 5.56 Å². The monoisotopic (exact) mass is 354 g/mol. The lowest BCUT2D eigenvalue weighted by Crippen LogP contribution is -2.05. The summed E-state index contributed by atoms with van der Waals surface area (Å²) in [5.41, 5.74) is -0.321. The van der Waals surface area contributed by atoms with Crippen LogP contribution in [-0.4, -0.2) is 7.11 Å². The van der Waals surface area contributed by atoms with Gasteiger partial charge >= 0.3 is 6.18 Å². The largest absolute Gasteiger partial charge is 0.497 e. The number of hydrogen-bond donors (Lipinski definition) is 0. The first-order valence-electron chi connectivity index (χ1n) is 5.63. The number of hydrogen-bond acceptors (Lipinski definition) is 1. The molecule has 2 aromatic rings. The molecule has 0 aliphatic heterocycles. The average Bonchev–Trinajstić information content (AvgIpc) is 2.41. The molecule has 0 bridgehead atoms.